The van der Waals surface area contributed by atoms with Gasteiger partial charge in [-0.25, -0.2) is 4.98 Å². The van der Waals surface area contributed by atoms with Crippen LogP contribution in [0.15, 0.2) is 35.7 Å². The minimum Gasteiger partial charge on any atom is -0.370 e. The molecule has 0 unspecified atom stereocenters. The van der Waals surface area contributed by atoms with E-state index >= 15 is 0 Å². The Morgan fingerprint density at radius 2 is 2.11 bits per heavy atom. The fraction of sp³-hybridized carbons (Fsp3) is 0.400. The van der Waals surface area contributed by atoms with Gasteiger partial charge < -0.3 is 5.32 Å². The zero-order valence-corrected chi connectivity index (χ0v) is 12.4. The Hall–Kier alpha value is -1.39. The summed E-state index contributed by atoms with van der Waals surface area (Å²) in [6.45, 7) is 4.98. The number of nitrogens with one attached hydrogen (secondary N) is 1. The first-order valence-corrected chi connectivity index (χ1v) is 7.56. The topological polar surface area (TPSA) is 28.2 Å². The molecule has 0 spiro atoms. The van der Waals surface area contributed by atoms with E-state index in [2.05, 4.69) is 58.8 Å². The van der Waals surface area contributed by atoms with Crippen molar-refractivity contribution in [2.45, 2.75) is 26.4 Å². The number of hydrogen-bond acceptors (Lipinski definition) is 4. The first kappa shape index (κ1) is 14.0. The lowest BCUT2D eigenvalue weighted by molar-refractivity contribution is 0.318. The number of hydrogen-bond donors (Lipinski definition) is 1. The Morgan fingerprint density at radius 3 is 2.84 bits per heavy atom. The van der Waals surface area contributed by atoms with E-state index < -0.39 is 0 Å². The molecule has 0 saturated heterocycles. The molecular formula is C15H21N3S. The van der Waals surface area contributed by atoms with E-state index in [1.807, 2.05) is 6.07 Å². The van der Waals surface area contributed by atoms with Gasteiger partial charge in [0, 0.05) is 24.5 Å². The summed E-state index contributed by atoms with van der Waals surface area (Å²) in [7, 11) is 2.13. The molecule has 2 aromatic heterocycles. The van der Waals surface area contributed by atoms with E-state index in [1.54, 1.807) is 11.3 Å². The molecule has 0 bridgehead atoms. The molecule has 0 atom stereocenters. The molecule has 1 N–H and O–H groups in total. The van der Waals surface area contributed by atoms with Crippen molar-refractivity contribution >= 4 is 17.2 Å². The third-order valence-corrected chi connectivity index (χ3v) is 3.66. The van der Waals surface area contributed by atoms with Crippen molar-refractivity contribution in [1.29, 1.82) is 0 Å². The van der Waals surface area contributed by atoms with Gasteiger partial charge in [0.1, 0.15) is 5.82 Å². The first-order valence-electron chi connectivity index (χ1n) is 6.68. The van der Waals surface area contributed by atoms with Gasteiger partial charge in [0.2, 0.25) is 0 Å². The highest BCUT2D eigenvalue weighted by molar-refractivity contribution is 7.09. The molecule has 0 amide bonds. The minimum atomic E-state index is 0.875. The van der Waals surface area contributed by atoms with Crippen molar-refractivity contribution in [2.75, 3.05) is 18.9 Å². The van der Waals surface area contributed by atoms with Gasteiger partial charge in [-0.2, -0.15) is 0 Å². The standard InChI is InChI=1S/C15H21N3S/c1-3-9-16-15-8-4-6-13(17-15)11-18(2)12-14-7-5-10-19-14/h4-8,10H,3,9,11-12H2,1-2H3,(H,16,17). The van der Waals surface area contributed by atoms with Crippen LogP contribution in [0.4, 0.5) is 5.82 Å². The summed E-state index contributed by atoms with van der Waals surface area (Å²) in [5.74, 6) is 0.976. The molecule has 0 aliphatic rings. The molecule has 4 heteroatoms. The lowest BCUT2D eigenvalue weighted by atomic mass is 10.3. The van der Waals surface area contributed by atoms with Crippen LogP contribution in [0.3, 0.4) is 0 Å². The molecule has 102 valence electrons. The van der Waals surface area contributed by atoms with E-state index in [-0.39, 0.29) is 0 Å². The van der Waals surface area contributed by atoms with Gasteiger partial charge >= 0.3 is 0 Å². The number of aromatic nitrogens is 1. The van der Waals surface area contributed by atoms with Crippen molar-refractivity contribution < 1.29 is 0 Å². The summed E-state index contributed by atoms with van der Waals surface area (Å²) in [6.07, 6.45) is 1.12. The molecule has 2 aromatic rings. The van der Waals surface area contributed by atoms with E-state index in [0.717, 1.165) is 37.6 Å². The monoisotopic (exact) mass is 275 g/mol. The maximum atomic E-state index is 4.63. The Balaban J connectivity index is 1.90. The number of pyridine rings is 1. The number of nitrogens with zero attached hydrogens (tertiary/aromatic N) is 2. The van der Waals surface area contributed by atoms with Crippen LogP contribution in [0.2, 0.25) is 0 Å². The van der Waals surface area contributed by atoms with Crippen molar-refractivity contribution in [3.8, 4) is 0 Å². The molecule has 0 aliphatic heterocycles. The Morgan fingerprint density at radius 1 is 1.21 bits per heavy atom. The number of thiophene rings is 1. The smallest absolute Gasteiger partial charge is 0.126 e. The van der Waals surface area contributed by atoms with E-state index in [9.17, 15) is 0 Å². The molecular weight excluding hydrogens is 254 g/mol. The highest BCUT2D eigenvalue weighted by Gasteiger charge is 2.04. The average Bonchev–Trinajstić information content (AvgIpc) is 2.89. The summed E-state index contributed by atoms with van der Waals surface area (Å²) in [4.78, 5) is 8.31. The molecule has 0 saturated carbocycles. The Bertz CT molecular complexity index is 482. The highest BCUT2D eigenvalue weighted by Crippen LogP contribution is 2.13. The fourth-order valence-corrected chi connectivity index (χ4v) is 2.70. The van der Waals surface area contributed by atoms with Crippen LogP contribution < -0.4 is 5.32 Å². The maximum absolute atomic E-state index is 4.63. The first-order chi connectivity index (χ1) is 9.28. The van der Waals surface area contributed by atoms with Crippen molar-refractivity contribution in [3.05, 3.63) is 46.3 Å². The van der Waals surface area contributed by atoms with Crippen molar-refractivity contribution in [1.82, 2.24) is 9.88 Å². The van der Waals surface area contributed by atoms with Gasteiger partial charge in [-0.1, -0.05) is 19.1 Å². The number of rotatable bonds is 7. The summed E-state index contributed by atoms with van der Waals surface area (Å²) < 4.78 is 0. The highest BCUT2D eigenvalue weighted by atomic mass is 32.1. The molecule has 3 nitrogen and oxygen atoms in total. The molecule has 19 heavy (non-hydrogen) atoms. The van der Waals surface area contributed by atoms with Crippen LogP contribution in [0.5, 0.6) is 0 Å². The van der Waals surface area contributed by atoms with Crippen LogP contribution in [-0.4, -0.2) is 23.5 Å². The van der Waals surface area contributed by atoms with Gasteiger partial charge in [0.25, 0.3) is 0 Å². The summed E-state index contributed by atoms with van der Waals surface area (Å²) in [6, 6.07) is 10.5. The summed E-state index contributed by atoms with van der Waals surface area (Å²) in [5, 5.41) is 5.45. The lowest BCUT2D eigenvalue weighted by Crippen LogP contribution is -2.17. The van der Waals surface area contributed by atoms with Crippen molar-refractivity contribution in [2.24, 2.45) is 0 Å². The van der Waals surface area contributed by atoms with Gasteiger partial charge in [0.15, 0.2) is 0 Å². The predicted molar refractivity (Wildman–Crippen MR) is 82.5 cm³/mol. The van der Waals surface area contributed by atoms with E-state index in [4.69, 9.17) is 0 Å². The second-order valence-electron chi connectivity index (χ2n) is 4.69. The molecule has 0 radical (unpaired) electrons. The average molecular weight is 275 g/mol. The van der Waals surface area contributed by atoms with Gasteiger partial charge in [-0.15, -0.1) is 11.3 Å². The Labute approximate surface area is 119 Å². The molecule has 0 aliphatic carbocycles. The van der Waals surface area contributed by atoms with E-state index in [0.29, 0.717) is 0 Å². The van der Waals surface area contributed by atoms with Crippen LogP contribution in [-0.2, 0) is 13.1 Å². The lowest BCUT2D eigenvalue weighted by Gasteiger charge is -2.15. The Kier molecular flexibility index (Phi) is 5.36. The molecule has 0 aromatic carbocycles. The van der Waals surface area contributed by atoms with E-state index in [1.165, 1.54) is 4.88 Å². The normalized spacial score (nSPS) is 10.9. The minimum absolute atomic E-state index is 0.875. The maximum Gasteiger partial charge on any atom is 0.126 e. The van der Waals surface area contributed by atoms with Crippen LogP contribution >= 0.6 is 11.3 Å². The van der Waals surface area contributed by atoms with Crippen LogP contribution in [0.25, 0.3) is 0 Å². The second kappa shape index (κ2) is 7.26. The van der Waals surface area contributed by atoms with Gasteiger partial charge in [-0.05, 0) is 37.0 Å². The van der Waals surface area contributed by atoms with Gasteiger partial charge in [0.05, 0.1) is 5.69 Å². The fourth-order valence-electron chi connectivity index (χ4n) is 1.92. The third-order valence-electron chi connectivity index (χ3n) is 2.80. The number of anilines is 1. The third kappa shape index (κ3) is 4.65. The molecule has 2 rings (SSSR count). The zero-order chi connectivity index (χ0) is 13.5. The summed E-state index contributed by atoms with van der Waals surface area (Å²) >= 11 is 1.80. The summed E-state index contributed by atoms with van der Waals surface area (Å²) in [5.41, 5.74) is 1.11. The van der Waals surface area contributed by atoms with Crippen LogP contribution in [0.1, 0.15) is 23.9 Å². The molecule has 0 fully saturated rings. The largest absolute Gasteiger partial charge is 0.370 e. The van der Waals surface area contributed by atoms with Crippen molar-refractivity contribution in [3.63, 3.8) is 0 Å². The SMILES string of the molecule is CCCNc1cccc(CN(C)Cc2cccs2)n1. The molecule has 2 heterocycles. The quantitative estimate of drug-likeness (QED) is 0.837. The second-order valence-corrected chi connectivity index (χ2v) is 5.72. The van der Waals surface area contributed by atoms with Crippen LogP contribution in [0, 0.1) is 0 Å². The zero-order valence-electron chi connectivity index (χ0n) is 11.6. The predicted octanol–water partition coefficient (Wildman–Crippen LogP) is 3.60. The van der Waals surface area contributed by atoms with Gasteiger partial charge in [-0.3, -0.25) is 4.90 Å².